The number of amides is 1. The van der Waals surface area contributed by atoms with E-state index in [1.54, 1.807) is 0 Å². The molecule has 1 spiro atoms. The lowest BCUT2D eigenvalue weighted by atomic mass is 9.73. The Morgan fingerprint density at radius 1 is 0.977 bits per heavy atom. The van der Waals surface area contributed by atoms with Gasteiger partial charge in [-0.25, -0.2) is 10.9 Å². The first-order valence-corrected chi connectivity index (χ1v) is 17.1. The molecule has 1 aliphatic carbocycles. The molecule has 238 valence electrons. The molecule has 4 heterocycles. The maximum absolute atomic E-state index is 13.5. The summed E-state index contributed by atoms with van der Waals surface area (Å²) in [6.07, 6.45) is 14.0. The van der Waals surface area contributed by atoms with E-state index in [2.05, 4.69) is 50.1 Å². The molecule has 6 N–H and O–H groups in total. The van der Waals surface area contributed by atoms with E-state index in [4.69, 9.17) is 4.74 Å². The van der Waals surface area contributed by atoms with Gasteiger partial charge in [-0.05, 0) is 75.9 Å². The van der Waals surface area contributed by atoms with E-state index < -0.39 is 0 Å². The summed E-state index contributed by atoms with van der Waals surface area (Å²) in [5.41, 5.74) is 10.2. The highest BCUT2D eigenvalue weighted by atomic mass is 16.5. The lowest BCUT2D eigenvalue weighted by molar-refractivity contribution is 0.0924. The molecule has 2 aromatic carbocycles. The third-order valence-corrected chi connectivity index (χ3v) is 11.0. The second-order valence-electron chi connectivity index (χ2n) is 14.1. The molecule has 1 amide bonds. The summed E-state index contributed by atoms with van der Waals surface area (Å²) >= 11 is 0. The highest BCUT2D eigenvalue weighted by molar-refractivity contribution is 5.95. The van der Waals surface area contributed by atoms with Crippen molar-refractivity contribution in [2.75, 3.05) is 38.6 Å². The SMILES string of the molecule is CN1CC[C@](Nc2cccc(C(=O)N[C@H]3CCOc4ccccc43)c2)(C2NNC(C3CCNC4(CCCCCCC4)C3)N2)C1. The number of carbonyl (C=O) groups excluding carboxylic acids is 1. The van der Waals surface area contributed by atoms with Crippen LogP contribution in [0, 0.1) is 5.92 Å². The van der Waals surface area contributed by atoms with Gasteiger partial charge in [-0.15, -0.1) is 0 Å². The molecule has 0 radical (unpaired) electrons. The second kappa shape index (κ2) is 13.0. The van der Waals surface area contributed by atoms with Gasteiger partial charge in [0.2, 0.25) is 0 Å². The van der Waals surface area contributed by atoms with Crippen LogP contribution in [0.4, 0.5) is 5.69 Å². The zero-order chi connectivity index (χ0) is 30.0. The van der Waals surface area contributed by atoms with Crippen LogP contribution in [0.1, 0.15) is 92.6 Å². The van der Waals surface area contributed by atoms with E-state index in [1.165, 1.54) is 57.8 Å². The molecule has 1 saturated carbocycles. The van der Waals surface area contributed by atoms with Crippen molar-refractivity contribution >= 4 is 11.6 Å². The van der Waals surface area contributed by atoms with Crippen molar-refractivity contribution in [1.82, 2.24) is 31.7 Å². The molecule has 3 saturated heterocycles. The van der Waals surface area contributed by atoms with Crippen LogP contribution in [-0.2, 0) is 0 Å². The molecule has 0 aromatic heterocycles. The minimum atomic E-state index is -0.212. The Kier molecular flexibility index (Phi) is 8.84. The van der Waals surface area contributed by atoms with Gasteiger partial charge in [-0.1, -0.05) is 56.4 Å². The van der Waals surface area contributed by atoms with Crippen LogP contribution in [0.3, 0.4) is 0 Å². The Morgan fingerprint density at radius 3 is 2.66 bits per heavy atom. The lowest BCUT2D eigenvalue weighted by Gasteiger charge is -2.45. The Labute approximate surface area is 262 Å². The monoisotopic (exact) mass is 601 g/mol. The number of ether oxygens (including phenoxy) is 1. The van der Waals surface area contributed by atoms with Crippen molar-refractivity contribution in [2.45, 2.75) is 100 Å². The number of fused-ring (bicyclic) bond motifs is 1. The lowest BCUT2D eigenvalue weighted by Crippen LogP contribution is -2.61. The third-order valence-electron chi connectivity index (χ3n) is 11.0. The van der Waals surface area contributed by atoms with Crippen LogP contribution in [-0.4, -0.2) is 67.5 Å². The average molecular weight is 602 g/mol. The number of benzene rings is 2. The van der Waals surface area contributed by atoms with Gasteiger partial charge in [0.15, 0.2) is 0 Å². The van der Waals surface area contributed by atoms with Crippen LogP contribution < -0.4 is 36.9 Å². The van der Waals surface area contributed by atoms with Crippen molar-refractivity contribution in [1.29, 1.82) is 0 Å². The first-order chi connectivity index (χ1) is 21.5. The normalized spacial score (nSPS) is 32.3. The number of piperidine rings is 1. The molecule has 4 fully saturated rings. The summed E-state index contributed by atoms with van der Waals surface area (Å²) in [6, 6.07) is 15.9. The number of rotatable bonds is 6. The Morgan fingerprint density at radius 2 is 1.82 bits per heavy atom. The molecule has 5 atom stereocenters. The largest absolute Gasteiger partial charge is 0.493 e. The first kappa shape index (κ1) is 30.0. The molecule has 9 heteroatoms. The van der Waals surface area contributed by atoms with Gasteiger partial charge in [-0.2, -0.15) is 0 Å². The first-order valence-electron chi connectivity index (χ1n) is 17.1. The summed E-state index contributed by atoms with van der Waals surface area (Å²) in [4.78, 5) is 15.9. The van der Waals surface area contributed by atoms with Crippen LogP contribution in [0.2, 0.25) is 0 Å². The zero-order valence-electron chi connectivity index (χ0n) is 26.3. The fourth-order valence-corrected chi connectivity index (χ4v) is 8.63. The number of likely N-dealkylation sites (tertiary alicyclic amines) is 1. The number of hydrogen-bond acceptors (Lipinski definition) is 8. The second-order valence-corrected chi connectivity index (χ2v) is 14.1. The summed E-state index contributed by atoms with van der Waals surface area (Å²) in [5, 5.41) is 15.2. The predicted molar refractivity (Wildman–Crippen MR) is 174 cm³/mol. The van der Waals surface area contributed by atoms with Gasteiger partial charge in [0.1, 0.15) is 5.75 Å². The summed E-state index contributed by atoms with van der Waals surface area (Å²) in [6.45, 7) is 3.65. The minimum Gasteiger partial charge on any atom is -0.493 e. The molecular weight excluding hydrogens is 550 g/mol. The highest BCUT2D eigenvalue weighted by Crippen LogP contribution is 2.38. The number of carbonyl (C=O) groups is 1. The average Bonchev–Trinajstić information content (AvgIpc) is 3.68. The Bertz CT molecular complexity index is 1300. The molecular formula is C35H51N7O2. The van der Waals surface area contributed by atoms with Crippen molar-refractivity contribution in [3.05, 3.63) is 59.7 Å². The van der Waals surface area contributed by atoms with E-state index >= 15 is 0 Å². The standard InChI is InChI=1S/C35H51N7O2/c1-42-20-18-35(24-42,33-38-31(40-41-33)26-14-19-36-34(23-26)16-7-3-2-4-8-17-34)39-27-11-9-10-25(22-27)32(43)37-29-15-21-44-30-13-6-5-12-28(29)30/h5-6,9-13,22,26,29,31,33,36,38-41H,2-4,7-8,14-21,23-24H2,1H3,(H,37,43)/t26?,29-,31?,33?,35+/m0/s1. The number of anilines is 1. The van der Waals surface area contributed by atoms with E-state index in [-0.39, 0.29) is 29.8 Å². The Balaban J connectivity index is 1.03. The van der Waals surface area contributed by atoms with Crippen molar-refractivity contribution in [3.8, 4) is 5.75 Å². The molecule has 0 bridgehead atoms. The van der Waals surface area contributed by atoms with Crippen LogP contribution in [0.25, 0.3) is 0 Å². The molecule has 7 rings (SSSR count). The molecule has 44 heavy (non-hydrogen) atoms. The predicted octanol–water partition coefficient (Wildman–Crippen LogP) is 4.26. The smallest absolute Gasteiger partial charge is 0.251 e. The summed E-state index contributed by atoms with van der Waals surface area (Å²) in [5.74, 6) is 1.40. The third kappa shape index (κ3) is 6.35. The summed E-state index contributed by atoms with van der Waals surface area (Å²) < 4.78 is 5.80. The van der Waals surface area contributed by atoms with Gasteiger partial charge >= 0.3 is 0 Å². The van der Waals surface area contributed by atoms with E-state index in [0.717, 1.165) is 49.5 Å². The molecule has 4 aliphatic heterocycles. The number of nitrogens with one attached hydrogen (secondary N) is 6. The number of para-hydroxylation sites is 1. The van der Waals surface area contributed by atoms with E-state index in [9.17, 15) is 4.79 Å². The van der Waals surface area contributed by atoms with Gasteiger partial charge < -0.3 is 25.6 Å². The number of likely N-dealkylation sites (N-methyl/N-ethyl adjacent to an activating group) is 1. The van der Waals surface area contributed by atoms with Crippen molar-refractivity contribution in [2.24, 2.45) is 5.92 Å². The van der Waals surface area contributed by atoms with Gasteiger partial charge in [0, 0.05) is 41.9 Å². The zero-order valence-corrected chi connectivity index (χ0v) is 26.3. The maximum atomic E-state index is 13.5. The van der Waals surface area contributed by atoms with Gasteiger partial charge in [0.05, 0.1) is 30.5 Å². The fourth-order valence-electron chi connectivity index (χ4n) is 8.63. The highest BCUT2D eigenvalue weighted by Gasteiger charge is 2.49. The van der Waals surface area contributed by atoms with Crippen molar-refractivity contribution in [3.63, 3.8) is 0 Å². The minimum absolute atomic E-state index is 0.0506. The van der Waals surface area contributed by atoms with Crippen LogP contribution in [0.15, 0.2) is 48.5 Å². The molecule has 9 nitrogen and oxygen atoms in total. The number of hydrazine groups is 1. The topological polar surface area (TPSA) is 102 Å². The quantitative estimate of drug-likeness (QED) is 0.292. The van der Waals surface area contributed by atoms with Crippen LogP contribution >= 0.6 is 0 Å². The number of nitrogens with zero attached hydrogens (tertiary/aromatic N) is 1. The van der Waals surface area contributed by atoms with Gasteiger partial charge in [0.25, 0.3) is 5.91 Å². The molecule has 2 aromatic rings. The fraction of sp³-hybridized carbons (Fsp3) is 0.629. The van der Waals surface area contributed by atoms with Crippen LogP contribution in [0.5, 0.6) is 5.75 Å². The van der Waals surface area contributed by atoms with Gasteiger partial charge in [-0.3, -0.25) is 10.1 Å². The van der Waals surface area contributed by atoms with Crippen molar-refractivity contribution < 1.29 is 9.53 Å². The van der Waals surface area contributed by atoms with E-state index in [1.807, 2.05) is 42.5 Å². The summed E-state index contributed by atoms with van der Waals surface area (Å²) in [7, 11) is 2.20. The van der Waals surface area contributed by atoms with E-state index in [0.29, 0.717) is 23.6 Å². The molecule has 3 unspecified atom stereocenters. The number of hydrogen-bond donors (Lipinski definition) is 6. The molecule has 5 aliphatic rings. The Hall–Kier alpha value is -2.69. The maximum Gasteiger partial charge on any atom is 0.251 e.